The zero-order valence-electron chi connectivity index (χ0n) is 22.1. The highest BCUT2D eigenvalue weighted by Gasteiger charge is 2.28. The first-order valence-corrected chi connectivity index (χ1v) is 12.3. The van der Waals surface area contributed by atoms with Crippen LogP contribution in [0.5, 0.6) is 5.75 Å². The van der Waals surface area contributed by atoms with Crippen LogP contribution in [0.4, 0.5) is 11.5 Å². The molecule has 2 heterocycles. The fourth-order valence-electron chi connectivity index (χ4n) is 4.82. The number of nitrogens with zero attached hydrogens (tertiary/aromatic N) is 3. The predicted molar refractivity (Wildman–Crippen MR) is 148 cm³/mol. The van der Waals surface area contributed by atoms with Gasteiger partial charge in [-0.25, -0.2) is 4.98 Å². The summed E-state index contributed by atoms with van der Waals surface area (Å²) in [5.74, 6) is 1.75. The van der Waals surface area contributed by atoms with Crippen LogP contribution in [0.1, 0.15) is 46.6 Å². The molecule has 0 unspecified atom stereocenters. The van der Waals surface area contributed by atoms with Crippen LogP contribution < -0.4 is 15.0 Å². The Hall–Kier alpha value is -3.47. The molecule has 0 fully saturated rings. The van der Waals surface area contributed by atoms with Gasteiger partial charge in [-0.3, -0.25) is 4.40 Å². The van der Waals surface area contributed by atoms with Gasteiger partial charge in [-0.1, -0.05) is 63.2 Å². The highest BCUT2D eigenvalue weighted by molar-refractivity contribution is 5.79. The molecule has 0 spiro atoms. The second-order valence-electron chi connectivity index (χ2n) is 11.3. The fraction of sp³-hybridized carbons (Fsp3) is 0.367. The van der Waals surface area contributed by atoms with Crippen LogP contribution in [-0.4, -0.2) is 29.0 Å². The van der Waals surface area contributed by atoms with Crippen LogP contribution >= 0.6 is 0 Å². The molecule has 4 rings (SSSR count). The van der Waals surface area contributed by atoms with E-state index in [9.17, 15) is 0 Å². The third kappa shape index (κ3) is 5.97. The van der Waals surface area contributed by atoms with Crippen molar-refractivity contribution in [2.24, 2.45) is 5.41 Å². The van der Waals surface area contributed by atoms with Gasteiger partial charge >= 0.3 is 0 Å². The van der Waals surface area contributed by atoms with E-state index >= 15 is 0 Å². The molecule has 2 aromatic heterocycles. The molecule has 0 atom stereocenters. The molecule has 184 valence electrons. The lowest BCUT2D eigenvalue weighted by Crippen LogP contribution is -2.36. The van der Waals surface area contributed by atoms with Gasteiger partial charge in [0.05, 0.1) is 0 Å². The van der Waals surface area contributed by atoms with E-state index in [-0.39, 0.29) is 11.0 Å². The van der Waals surface area contributed by atoms with Gasteiger partial charge in [0.2, 0.25) is 0 Å². The molecule has 0 bridgehead atoms. The largest absolute Gasteiger partial charge is 0.485 e. The van der Waals surface area contributed by atoms with Crippen LogP contribution in [0.2, 0.25) is 0 Å². The SMILES string of the molecule is CN(C)c1ccc(-c2nc3c(OCc4ccccc4)cccn3c2NC(C)(C)CC(C)(C)C)cc1. The van der Waals surface area contributed by atoms with Gasteiger partial charge in [-0.05, 0) is 55.5 Å². The summed E-state index contributed by atoms with van der Waals surface area (Å²) in [5, 5.41) is 3.84. The number of rotatable bonds is 8. The van der Waals surface area contributed by atoms with E-state index in [0.29, 0.717) is 6.61 Å². The van der Waals surface area contributed by atoms with E-state index in [1.807, 2.05) is 30.3 Å². The van der Waals surface area contributed by atoms with Crippen molar-refractivity contribution in [3.63, 3.8) is 0 Å². The summed E-state index contributed by atoms with van der Waals surface area (Å²) in [4.78, 5) is 7.22. The number of ether oxygens (including phenoxy) is 1. The molecule has 35 heavy (non-hydrogen) atoms. The van der Waals surface area contributed by atoms with Crippen molar-refractivity contribution in [2.75, 3.05) is 24.3 Å². The number of hydrogen-bond acceptors (Lipinski definition) is 4. The van der Waals surface area contributed by atoms with E-state index in [1.54, 1.807) is 0 Å². The lowest BCUT2D eigenvalue weighted by molar-refractivity contribution is 0.301. The van der Waals surface area contributed by atoms with Crippen LogP contribution in [0, 0.1) is 5.41 Å². The van der Waals surface area contributed by atoms with Crippen molar-refractivity contribution >= 4 is 17.2 Å². The van der Waals surface area contributed by atoms with E-state index in [4.69, 9.17) is 9.72 Å². The minimum atomic E-state index is -0.132. The number of nitrogens with one attached hydrogen (secondary N) is 1. The molecule has 5 nitrogen and oxygen atoms in total. The summed E-state index contributed by atoms with van der Waals surface area (Å²) in [6.45, 7) is 11.8. The highest BCUT2D eigenvalue weighted by Crippen LogP contribution is 2.37. The van der Waals surface area contributed by atoms with Crippen molar-refractivity contribution in [1.29, 1.82) is 0 Å². The van der Waals surface area contributed by atoms with Crippen LogP contribution in [0.15, 0.2) is 72.9 Å². The Balaban J connectivity index is 1.78. The molecule has 0 saturated heterocycles. The van der Waals surface area contributed by atoms with E-state index in [0.717, 1.165) is 46.1 Å². The average molecular weight is 471 g/mol. The molecule has 4 aromatic rings. The zero-order chi connectivity index (χ0) is 25.2. The van der Waals surface area contributed by atoms with Gasteiger partial charge in [-0.2, -0.15) is 0 Å². The Kier molecular flexibility index (Phi) is 6.79. The third-order valence-electron chi connectivity index (χ3n) is 5.94. The molecule has 1 N–H and O–H groups in total. The summed E-state index contributed by atoms with van der Waals surface area (Å²) in [6.07, 6.45) is 3.07. The second-order valence-corrected chi connectivity index (χ2v) is 11.3. The van der Waals surface area contributed by atoms with E-state index in [1.165, 1.54) is 0 Å². The standard InChI is InChI=1S/C30H38N4O/c1-29(2,3)21-30(4,5)32-28-26(23-15-17-24(18-16-23)33(6)7)31-27-25(14-11-19-34(27)28)35-20-22-12-9-8-10-13-22/h8-19,32H,20-21H2,1-7H3. The fourth-order valence-corrected chi connectivity index (χ4v) is 4.82. The predicted octanol–water partition coefficient (Wildman–Crippen LogP) is 7.27. The molecule has 0 aliphatic heterocycles. The van der Waals surface area contributed by atoms with Crippen molar-refractivity contribution in [1.82, 2.24) is 9.38 Å². The maximum Gasteiger partial charge on any atom is 0.181 e. The first kappa shape index (κ1) is 24.6. The minimum Gasteiger partial charge on any atom is -0.485 e. The van der Waals surface area contributed by atoms with Crippen molar-refractivity contribution in [2.45, 2.75) is 53.2 Å². The summed E-state index contributed by atoms with van der Waals surface area (Å²) in [5.41, 5.74) is 5.15. The van der Waals surface area contributed by atoms with E-state index < -0.39 is 0 Å². The minimum absolute atomic E-state index is 0.132. The lowest BCUT2D eigenvalue weighted by atomic mass is 9.82. The maximum absolute atomic E-state index is 6.25. The number of pyridine rings is 1. The molecule has 0 radical (unpaired) electrons. The average Bonchev–Trinajstić information content (AvgIpc) is 3.15. The van der Waals surface area contributed by atoms with Crippen LogP contribution in [0.25, 0.3) is 16.9 Å². The molecule has 5 heteroatoms. The lowest BCUT2D eigenvalue weighted by Gasteiger charge is -2.34. The molecular weight excluding hydrogens is 432 g/mol. The first-order chi connectivity index (χ1) is 16.5. The molecule has 0 aliphatic rings. The zero-order valence-corrected chi connectivity index (χ0v) is 22.1. The number of fused-ring (bicyclic) bond motifs is 1. The van der Waals surface area contributed by atoms with Crippen molar-refractivity contribution in [3.8, 4) is 17.0 Å². The Labute approximate surface area is 209 Å². The third-order valence-corrected chi connectivity index (χ3v) is 5.94. The number of hydrogen-bond donors (Lipinski definition) is 1. The molecule has 0 amide bonds. The van der Waals surface area contributed by atoms with Gasteiger partial charge in [0.15, 0.2) is 11.4 Å². The molecule has 2 aromatic carbocycles. The topological polar surface area (TPSA) is 41.8 Å². The summed E-state index contributed by atoms with van der Waals surface area (Å²) in [6, 6.07) is 22.8. The van der Waals surface area contributed by atoms with Gasteiger partial charge < -0.3 is 15.0 Å². The Morgan fingerprint density at radius 1 is 0.886 bits per heavy atom. The number of benzene rings is 2. The van der Waals surface area contributed by atoms with Crippen LogP contribution in [0.3, 0.4) is 0 Å². The molecule has 0 aliphatic carbocycles. The summed E-state index contributed by atoms with van der Waals surface area (Å²) in [7, 11) is 4.11. The van der Waals surface area contributed by atoms with Gasteiger partial charge in [0.25, 0.3) is 0 Å². The monoisotopic (exact) mass is 470 g/mol. The van der Waals surface area contributed by atoms with Gasteiger partial charge in [0.1, 0.15) is 18.1 Å². The smallest absolute Gasteiger partial charge is 0.181 e. The normalized spacial score (nSPS) is 12.1. The molecular formula is C30H38N4O. The van der Waals surface area contributed by atoms with Crippen LogP contribution in [-0.2, 0) is 6.61 Å². The Morgan fingerprint density at radius 3 is 2.20 bits per heavy atom. The quantitative estimate of drug-likeness (QED) is 0.294. The molecule has 0 saturated carbocycles. The second kappa shape index (κ2) is 9.65. The van der Waals surface area contributed by atoms with E-state index in [2.05, 4.69) is 106 Å². The summed E-state index contributed by atoms with van der Waals surface area (Å²) >= 11 is 0. The first-order valence-electron chi connectivity index (χ1n) is 12.3. The van der Waals surface area contributed by atoms with Gasteiger partial charge in [0, 0.05) is 37.1 Å². The van der Waals surface area contributed by atoms with Crippen molar-refractivity contribution in [3.05, 3.63) is 78.5 Å². The Bertz CT molecular complexity index is 1270. The Morgan fingerprint density at radius 2 is 1.57 bits per heavy atom. The van der Waals surface area contributed by atoms with Crippen molar-refractivity contribution < 1.29 is 4.74 Å². The summed E-state index contributed by atoms with van der Waals surface area (Å²) < 4.78 is 8.38. The van der Waals surface area contributed by atoms with Gasteiger partial charge in [-0.15, -0.1) is 0 Å². The maximum atomic E-state index is 6.25. The number of aromatic nitrogens is 2. The number of imidazole rings is 1. The number of anilines is 2. The highest BCUT2D eigenvalue weighted by atomic mass is 16.5.